The Hall–Kier alpha value is -3.03. The first-order valence-corrected chi connectivity index (χ1v) is 8.69. The third-order valence-corrected chi connectivity index (χ3v) is 4.03. The predicted molar refractivity (Wildman–Crippen MR) is 102 cm³/mol. The quantitative estimate of drug-likeness (QED) is 0.584. The van der Waals surface area contributed by atoms with Crippen LogP contribution in [0.15, 0.2) is 48.5 Å². The molecule has 8 heteroatoms. The van der Waals surface area contributed by atoms with E-state index in [4.69, 9.17) is 0 Å². The van der Waals surface area contributed by atoms with Crippen molar-refractivity contribution < 1.29 is 22.8 Å². The summed E-state index contributed by atoms with van der Waals surface area (Å²) in [5, 5.41) is 4.64. The van der Waals surface area contributed by atoms with Crippen LogP contribution in [0.2, 0.25) is 0 Å². The lowest BCUT2D eigenvalue weighted by Crippen LogP contribution is -2.36. The zero-order valence-corrected chi connectivity index (χ0v) is 15.6. The molecule has 0 unspecified atom stereocenters. The molecule has 0 fully saturated rings. The van der Waals surface area contributed by atoms with Crippen molar-refractivity contribution in [2.75, 3.05) is 30.9 Å². The highest BCUT2D eigenvalue weighted by Crippen LogP contribution is 2.30. The summed E-state index contributed by atoms with van der Waals surface area (Å²) in [5.74, 6) is -1.89. The van der Waals surface area contributed by atoms with E-state index in [2.05, 4.69) is 10.6 Å². The topological polar surface area (TPSA) is 61.4 Å². The average Bonchev–Trinajstić information content (AvgIpc) is 2.65. The van der Waals surface area contributed by atoms with Gasteiger partial charge in [0.25, 0.3) is 0 Å². The minimum absolute atomic E-state index is 0.0871. The van der Waals surface area contributed by atoms with Crippen LogP contribution in [0.3, 0.4) is 0 Å². The highest BCUT2D eigenvalue weighted by Gasteiger charge is 2.30. The molecule has 0 aliphatic carbocycles. The molecule has 2 rings (SSSR count). The van der Waals surface area contributed by atoms with E-state index in [1.165, 1.54) is 6.07 Å². The van der Waals surface area contributed by atoms with E-state index in [9.17, 15) is 22.8 Å². The number of hydrogen-bond donors (Lipinski definition) is 2. The molecule has 2 aromatic carbocycles. The number of nitrogens with one attached hydrogen (secondary N) is 2. The molecule has 28 heavy (non-hydrogen) atoms. The number of amides is 2. The van der Waals surface area contributed by atoms with Crippen LogP contribution >= 0.6 is 0 Å². The first-order chi connectivity index (χ1) is 13.2. The molecular weight excluding hydrogens is 371 g/mol. The maximum absolute atomic E-state index is 12.7. The largest absolute Gasteiger partial charge is 0.416 e. The van der Waals surface area contributed by atoms with Gasteiger partial charge < -0.3 is 15.5 Å². The number of aryl methyl sites for hydroxylation is 1. The normalized spacial score (nSPS) is 11.0. The van der Waals surface area contributed by atoms with Crippen LogP contribution in [0.4, 0.5) is 24.5 Å². The van der Waals surface area contributed by atoms with Crippen LogP contribution < -0.4 is 15.5 Å². The first-order valence-electron chi connectivity index (χ1n) is 8.69. The van der Waals surface area contributed by atoms with Crippen molar-refractivity contribution in [3.8, 4) is 0 Å². The van der Waals surface area contributed by atoms with Gasteiger partial charge in [-0.25, -0.2) is 0 Å². The molecule has 0 saturated carbocycles. The molecule has 0 bridgehead atoms. The lowest BCUT2D eigenvalue weighted by molar-refractivity contribution is -0.137. The van der Waals surface area contributed by atoms with Gasteiger partial charge in [-0.3, -0.25) is 9.59 Å². The average molecular weight is 393 g/mol. The Balaban J connectivity index is 1.77. The number of rotatable bonds is 6. The molecular formula is C20H22F3N3O2. The van der Waals surface area contributed by atoms with E-state index in [0.29, 0.717) is 6.42 Å². The van der Waals surface area contributed by atoms with Gasteiger partial charge in [0.05, 0.1) is 5.56 Å². The number of hydrogen-bond acceptors (Lipinski definition) is 3. The second-order valence-electron chi connectivity index (χ2n) is 6.45. The van der Waals surface area contributed by atoms with Crippen molar-refractivity contribution in [3.05, 3.63) is 59.7 Å². The summed E-state index contributed by atoms with van der Waals surface area (Å²) in [6.07, 6.45) is -3.17. The molecule has 0 aromatic heterocycles. The molecule has 0 aliphatic rings. The number of carbonyl (C=O) groups excluding carboxylic acids is 2. The molecule has 0 spiro atoms. The summed E-state index contributed by atoms with van der Waals surface area (Å²) in [6.45, 7) is 0.282. The number of benzene rings is 2. The molecule has 2 aromatic rings. The molecule has 0 atom stereocenters. The van der Waals surface area contributed by atoms with E-state index in [0.717, 1.165) is 35.9 Å². The minimum Gasteiger partial charge on any atom is -0.378 e. The second kappa shape index (κ2) is 9.25. The monoisotopic (exact) mass is 393 g/mol. The molecule has 0 saturated heterocycles. The van der Waals surface area contributed by atoms with Gasteiger partial charge in [-0.15, -0.1) is 0 Å². The van der Waals surface area contributed by atoms with Gasteiger partial charge in [-0.1, -0.05) is 18.2 Å². The van der Waals surface area contributed by atoms with Gasteiger partial charge in [-0.2, -0.15) is 13.2 Å². The summed E-state index contributed by atoms with van der Waals surface area (Å²) in [6, 6.07) is 12.1. The Kier molecular flexibility index (Phi) is 7.03. The molecule has 2 amide bonds. The Labute approximate surface area is 161 Å². The van der Waals surface area contributed by atoms with Gasteiger partial charge in [0.15, 0.2) is 0 Å². The molecule has 2 N–H and O–H groups in total. The van der Waals surface area contributed by atoms with Crippen LogP contribution in [-0.2, 0) is 22.2 Å². The zero-order valence-electron chi connectivity index (χ0n) is 15.6. The standard InChI is InChI=1S/C20H22F3N3O2/c1-26(2)17-10-8-14(9-11-17)5-4-12-24-18(27)19(28)25-16-7-3-6-15(13-16)20(21,22)23/h3,6-11,13H,4-5,12H2,1-2H3,(H,24,27)(H,25,28). The van der Waals surface area contributed by atoms with Crippen LogP contribution in [0.1, 0.15) is 17.5 Å². The third-order valence-electron chi connectivity index (χ3n) is 4.03. The van der Waals surface area contributed by atoms with Gasteiger partial charge in [0.1, 0.15) is 0 Å². The first kappa shape index (κ1) is 21.3. The fourth-order valence-electron chi connectivity index (χ4n) is 2.50. The number of carbonyl (C=O) groups is 2. The van der Waals surface area contributed by atoms with Crippen molar-refractivity contribution in [2.24, 2.45) is 0 Å². The fraction of sp³-hybridized carbons (Fsp3) is 0.300. The number of nitrogens with zero attached hydrogens (tertiary/aromatic N) is 1. The Morgan fingerprint density at radius 3 is 2.29 bits per heavy atom. The zero-order chi connectivity index (χ0) is 20.7. The lowest BCUT2D eigenvalue weighted by Gasteiger charge is -2.12. The Morgan fingerprint density at radius 2 is 1.68 bits per heavy atom. The van der Waals surface area contributed by atoms with Crippen LogP contribution in [0.5, 0.6) is 0 Å². The molecule has 150 valence electrons. The summed E-state index contributed by atoms with van der Waals surface area (Å²) in [7, 11) is 3.91. The highest BCUT2D eigenvalue weighted by atomic mass is 19.4. The van der Waals surface area contributed by atoms with E-state index in [1.54, 1.807) is 0 Å². The molecule has 0 radical (unpaired) electrons. The van der Waals surface area contributed by atoms with Crippen LogP contribution in [0.25, 0.3) is 0 Å². The van der Waals surface area contributed by atoms with Gasteiger partial charge in [-0.05, 0) is 48.7 Å². The third kappa shape index (κ3) is 6.29. The summed E-state index contributed by atoms with van der Waals surface area (Å²) >= 11 is 0. The van der Waals surface area contributed by atoms with Crippen molar-refractivity contribution in [1.82, 2.24) is 5.32 Å². The lowest BCUT2D eigenvalue weighted by atomic mass is 10.1. The Morgan fingerprint density at radius 1 is 1.00 bits per heavy atom. The van der Waals surface area contributed by atoms with Gasteiger partial charge >= 0.3 is 18.0 Å². The molecule has 0 aliphatic heterocycles. The predicted octanol–water partition coefficient (Wildman–Crippen LogP) is 3.46. The van der Waals surface area contributed by atoms with Crippen LogP contribution in [0, 0.1) is 0 Å². The minimum atomic E-state index is -4.52. The second-order valence-corrected chi connectivity index (χ2v) is 6.45. The van der Waals surface area contributed by atoms with Gasteiger partial charge in [0, 0.05) is 32.0 Å². The van der Waals surface area contributed by atoms with Crippen molar-refractivity contribution in [3.63, 3.8) is 0 Å². The fourth-order valence-corrected chi connectivity index (χ4v) is 2.50. The smallest absolute Gasteiger partial charge is 0.378 e. The van der Waals surface area contributed by atoms with Crippen molar-refractivity contribution in [2.45, 2.75) is 19.0 Å². The van der Waals surface area contributed by atoms with Crippen molar-refractivity contribution in [1.29, 1.82) is 0 Å². The summed E-state index contributed by atoms with van der Waals surface area (Å²) in [4.78, 5) is 25.6. The molecule has 0 heterocycles. The summed E-state index contributed by atoms with van der Waals surface area (Å²) in [5.41, 5.74) is 1.21. The van der Waals surface area contributed by atoms with E-state index in [-0.39, 0.29) is 12.2 Å². The summed E-state index contributed by atoms with van der Waals surface area (Å²) < 4.78 is 38.0. The maximum atomic E-state index is 12.7. The Bertz CT molecular complexity index is 818. The number of halogens is 3. The SMILES string of the molecule is CN(C)c1ccc(CCCNC(=O)C(=O)Nc2cccc(C(F)(F)F)c2)cc1. The van der Waals surface area contributed by atoms with E-state index >= 15 is 0 Å². The maximum Gasteiger partial charge on any atom is 0.416 e. The van der Waals surface area contributed by atoms with Crippen molar-refractivity contribution >= 4 is 23.2 Å². The van der Waals surface area contributed by atoms with E-state index < -0.39 is 23.6 Å². The van der Waals surface area contributed by atoms with Gasteiger partial charge in [0.2, 0.25) is 0 Å². The van der Waals surface area contributed by atoms with Crippen LogP contribution in [-0.4, -0.2) is 32.5 Å². The number of alkyl halides is 3. The highest BCUT2D eigenvalue weighted by molar-refractivity contribution is 6.39. The number of anilines is 2. The van der Waals surface area contributed by atoms with E-state index in [1.807, 2.05) is 43.3 Å². The molecule has 5 nitrogen and oxygen atoms in total.